The van der Waals surface area contributed by atoms with E-state index in [0.717, 1.165) is 33.8 Å². The van der Waals surface area contributed by atoms with Gasteiger partial charge in [0.25, 0.3) is 0 Å². The summed E-state index contributed by atoms with van der Waals surface area (Å²) in [5, 5.41) is 8.31. The normalized spacial score (nSPS) is 13.3. The maximum absolute atomic E-state index is 14.5. The minimum atomic E-state index is -3.29. The zero-order valence-corrected chi connectivity index (χ0v) is 18.5. The van der Waals surface area contributed by atoms with Crippen LogP contribution in [0.3, 0.4) is 0 Å². The molecule has 2 aromatic carbocycles. The molecule has 0 fully saturated rings. The molecular formula is C23H21FN4O3S. The Morgan fingerprint density at radius 2 is 2.00 bits per heavy atom. The maximum atomic E-state index is 14.5. The third-order valence-corrected chi connectivity index (χ3v) is 6.98. The first kappa shape index (κ1) is 20.6. The molecule has 7 nitrogen and oxygen atoms in total. The first-order valence-electron chi connectivity index (χ1n) is 10.2. The molecule has 32 heavy (non-hydrogen) atoms. The van der Waals surface area contributed by atoms with Gasteiger partial charge in [-0.3, -0.25) is 4.40 Å². The van der Waals surface area contributed by atoms with E-state index in [4.69, 9.17) is 4.74 Å². The number of rotatable bonds is 5. The Morgan fingerprint density at radius 3 is 2.78 bits per heavy atom. The molecular weight excluding hydrogens is 431 g/mol. The Bertz CT molecular complexity index is 1460. The number of benzene rings is 2. The molecule has 1 aliphatic rings. The molecule has 0 aliphatic carbocycles. The molecule has 9 heteroatoms. The Morgan fingerprint density at radius 1 is 1.16 bits per heavy atom. The SMILES string of the molecule is Cc1cc(S(C)(=O)=O)ccc1-c1cnc(CCc2c(F)ccc3c2CCO3)n2cnnc12. The van der Waals surface area contributed by atoms with Crippen LogP contribution < -0.4 is 4.74 Å². The van der Waals surface area contributed by atoms with Crippen LogP contribution in [0.4, 0.5) is 4.39 Å². The molecule has 0 radical (unpaired) electrons. The molecule has 4 aromatic rings. The van der Waals surface area contributed by atoms with Crippen molar-refractivity contribution in [2.75, 3.05) is 12.9 Å². The third kappa shape index (κ3) is 3.52. The molecule has 3 heterocycles. The Kier molecular flexibility index (Phi) is 4.93. The largest absolute Gasteiger partial charge is 0.493 e. The molecule has 0 saturated carbocycles. The number of ether oxygens (including phenoxy) is 1. The predicted molar refractivity (Wildman–Crippen MR) is 117 cm³/mol. The number of sulfone groups is 1. The van der Waals surface area contributed by atoms with Crippen molar-refractivity contribution in [2.45, 2.75) is 31.1 Å². The Balaban J connectivity index is 1.50. The summed E-state index contributed by atoms with van der Waals surface area (Å²) in [5.74, 6) is 1.25. The van der Waals surface area contributed by atoms with Gasteiger partial charge >= 0.3 is 0 Å². The van der Waals surface area contributed by atoms with Crippen molar-refractivity contribution < 1.29 is 17.5 Å². The molecule has 0 bridgehead atoms. The molecule has 0 N–H and O–H groups in total. The van der Waals surface area contributed by atoms with Gasteiger partial charge in [-0.05, 0) is 54.3 Å². The van der Waals surface area contributed by atoms with E-state index in [1.54, 1.807) is 41.2 Å². The number of hydrogen-bond acceptors (Lipinski definition) is 6. The lowest BCUT2D eigenvalue weighted by Gasteiger charge is -2.12. The van der Waals surface area contributed by atoms with Gasteiger partial charge < -0.3 is 4.74 Å². The standard InChI is InChI=1S/C23H21FN4O3S/c1-14-11-15(32(2,29)30)3-4-16(14)19-12-25-22(28-13-26-27-23(19)28)8-5-17-18-9-10-31-21(18)7-6-20(17)24/h3-4,6-7,11-13H,5,8-10H2,1-2H3. The maximum Gasteiger partial charge on any atom is 0.175 e. The summed E-state index contributed by atoms with van der Waals surface area (Å²) >= 11 is 0. The van der Waals surface area contributed by atoms with Crippen molar-refractivity contribution in [3.63, 3.8) is 0 Å². The highest BCUT2D eigenvalue weighted by Crippen LogP contribution is 2.32. The third-order valence-electron chi connectivity index (χ3n) is 5.86. The van der Waals surface area contributed by atoms with Gasteiger partial charge in [-0.2, -0.15) is 0 Å². The monoisotopic (exact) mass is 452 g/mol. The van der Waals surface area contributed by atoms with Crippen LogP contribution in [0.25, 0.3) is 16.8 Å². The summed E-state index contributed by atoms with van der Waals surface area (Å²) in [5.41, 5.74) is 4.60. The lowest BCUT2D eigenvalue weighted by Crippen LogP contribution is -2.06. The van der Waals surface area contributed by atoms with Crippen molar-refractivity contribution >= 4 is 15.5 Å². The van der Waals surface area contributed by atoms with Gasteiger partial charge in [-0.25, -0.2) is 17.8 Å². The topological polar surface area (TPSA) is 86.5 Å². The van der Waals surface area contributed by atoms with Crippen LogP contribution in [0.5, 0.6) is 5.75 Å². The van der Waals surface area contributed by atoms with Crippen LogP contribution in [0, 0.1) is 12.7 Å². The highest BCUT2D eigenvalue weighted by molar-refractivity contribution is 7.90. The Hall–Kier alpha value is -3.33. The van der Waals surface area contributed by atoms with Crippen LogP contribution in [-0.4, -0.2) is 40.9 Å². The first-order valence-corrected chi connectivity index (χ1v) is 12.1. The van der Waals surface area contributed by atoms with E-state index < -0.39 is 9.84 Å². The van der Waals surface area contributed by atoms with Crippen molar-refractivity contribution in [3.05, 3.63) is 71.2 Å². The highest BCUT2D eigenvalue weighted by atomic mass is 32.2. The van der Waals surface area contributed by atoms with Gasteiger partial charge in [0.05, 0.1) is 11.5 Å². The van der Waals surface area contributed by atoms with E-state index >= 15 is 0 Å². The van der Waals surface area contributed by atoms with Crippen LogP contribution in [0.2, 0.25) is 0 Å². The summed E-state index contributed by atoms with van der Waals surface area (Å²) in [6, 6.07) is 8.13. The van der Waals surface area contributed by atoms with E-state index in [1.807, 2.05) is 6.92 Å². The van der Waals surface area contributed by atoms with Crippen molar-refractivity contribution in [1.82, 2.24) is 19.6 Å². The van der Waals surface area contributed by atoms with Crippen molar-refractivity contribution in [2.24, 2.45) is 0 Å². The zero-order chi connectivity index (χ0) is 22.5. The average Bonchev–Trinajstić information content (AvgIpc) is 3.42. The van der Waals surface area contributed by atoms with Crippen LogP contribution in [0.15, 0.2) is 47.8 Å². The number of nitrogens with zero attached hydrogens (tertiary/aromatic N) is 4. The summed E-state index contributed by atoms with van der Waals surface area (Å²) < 4.78 is 45.6. The smallest absolute Gasteiger partial charge is 0.175 e. The summed E-state index contributed by atoms with van der Waals surface area (Å²) in [6.45, 7) is 2.43. The van der Waals surface area contributed by atoms with Gasteiger partial charge in [-0.15, -0.1) is 10.2 Å². The minimum Gasteiger partial charge on any atom is -0.493 e. The minimum absolute atomic E-state index is 0.229. The molecule has 2 aromatic heterocycles. The molecule has 0 unspecified atom stereocenters. The molecule has 0 amide bonds. The quantitative estimate of drug-likeness (QED) is 0.462. The van der Waals surface area contributed by atoms with Gasteiger partial charge in [-0.1, -0.05) is 6.07 Å². The number of hydrogen-bond donors (Lipinski definition) is 0. The van der Waals surface area contributed by atoms with Crippen LogP contribution in [-0.2, 0) is 29.1 Å². The summed E-state index contributed by atoms with van der Waals surface area (Å²) in [6.07, 6.45) is 6.20. The van der Waals surface area contributed by atoms with E-state index in [9.17, 15) is 12.8 Å². The predicted octanol–water partition coefficient (Wildman–Crippen LogP) is 3.36. The molecule has 164 valence electrons. The van der Waals surface area contributed by atoms with Crippen molar-refractivity contribution in [3.8, 4) is 16.9 Å². The lowest BCUT2D eigenvalue weighted by atomic mass is 9.99. The van der Waals surface area contributed by atoms with Gasteiger partial charge in [0, 0.05) is 36.4 Å². The van der Waals surface area contributed by atoms with E-state index in [0.29, 0.717) is 37.1 Å². The Labute approximate surface area is 184 Å². The number of aryl methyl sites for hydroxylation is 2. The second kappa shape index (κ2) is 7.67. The first-order chi connectivity index (χ1) is 15.3. The van der Waals surface area contributed by atoms with Gasteiger partial charge in [0.1, 0.15) is 23.7 Å². The molecule has 0 saturated heterocycles. The molecule has 1 aliphatic heterocycles. The van der Waals surface area contributed by atoms with Crippen molar-refractivity contribution in [1.29, 1.82) is 0 Å². The highest BCUT2D eigenvalue weighted by Gasteiger charge is 2.20. The van der Waals surface area contributed by atoms with Gasteiger partial charge in [0.2, 0.25) is 0 Å². The molecule has 0 atom stereocenters. The summed E-state index contributed by atoms with van der Waals surface area (Å²) in [7, 11) is -3.29. The number of halogens is 1. The van der Waals surface area contributed by atoms with Gasteiger partial charge in [0.15, 0.2) is 15.5 Å². The second-order valence-electron chi connectivity index (χ2n) is 7.96. The fraction of sp³-hybridized carbons (Fsp3) is 0.261. The van der Waals surface area contributed by atoms with E-state index in [1.165, 1.54) is 12.3 Å². The number of fused-ring (bicyclic) bond motifs is 2. The lowest BCUT2D eigenvalue weighted by molar-refractivity contribution is 0.356. The fourth-order valence-corrected chi connectivity index (χ4v) is 4.94. The zero-order valence-electron chi connectivity index (χ0n) is 17.7. The van der Waals surface area contributed by atoms with Crippen LogP contribution in [0.1, 0.15) is 22.5 Å². The van der Waals surface area contributed by atoms with E-state index in [2.05, 4.69) is 15.2 Å². The average molecular weight is 453 g/mol. The van der Waals surface area contributed by atoms with Crippen LogP contribution >= 0.6 is 0 Å². The molecule has 0 spiro atoms. The van der Waals surface area contributed by atoms with E-state index in [-0.39, 0.29) is 10.7 Å². The fourth-order valence-electron chi connectivity index (χ4n) is 4.23. The number of aromatic nitrogens is 4. The summed E-state index contributed by atoms with van der Waals surface area (Å²) in [4.78, 5) is 4.88. The molecule has 5 rings (SSSR count). The second-order valence-corrected chi connectivity index (χ2v) is 9.98.